The van der Waals surface area contributed by atoms with Crippen molar-refractivity contribution in [2.75, 3.05) is 5.32 Å². The van der Waals surface area contributed by atoms with Crippen LogP contribution < -0.4 is 5.32 Å². The Kier molecular flexibility index (Phi) is 5.23. The third kappa shape index (κ3) is 3.93. The molecule has 0 aliphatic rings. The Morgan fingerprint density at radius 2 is 1.80 bits per heavy atom. The van der Waals surface area contributed by atoms with Gasteiger partial charge in [0.25, 0.3) is 5.91 Å². The van der Waals surface area contributed by atoms with Crippen LogP contribution in [0.5, 0.6) is 0 Å². The molecule has 126 valence electrons. The van der Waals surface area contributed by atoms with Gasteiger partial charge in [0.1, 0.15) is 5.82 Å². The molecule has 3 aromatic rings. The first-order valence-corrected chi connectivity index (χ1v) is 8.26. The molecule has 0 saturated carbocycles. The third-order valence-corrected chi connectivity index (χ3v) is 4.28. The van der Waals surface area contributed by atoms with Crippen LogP contribution in [0.1, 0.15) is 10.4 Å². The van der Waals surface area contributed by atoms with Crippen molar-refractivity contribution in [2.45, 2.75) is 0 Å². The maximum Gasteiger partial charge on any atom is 0.258 e. The van der Waals surface area contributed by atoms with E-state index in [2.05, 4.69) is 10.3 Å². The van der Waals surface area contributed by atoms with Crippen molar-refractivity contribution in [3.8, 4) is 11.3 Å². The van der Waals surface area contributed by atoms with E-state index in [1.807, 2.05) is 0 Å². The minimum absolute atomic E-state index is 0.123. The minimum atomic E-state index is -0.693. The quantitative estimate of drug-likeness (QED) is 0.582. The van der Waals surface area contributed by atoms with E-state index in [1.54, 1.807) is 36.5 Å². The summed E-state index contributed by atoms with van der Waals surface area (Å²) in [6.07, 6.45) is 1.56. The summed E-state index contributed by atoms with van der Waals surface area (Å²) in [5.74, 6) is -1.32. The standard InChI is InChI=1S/C18H10Cl3FN2O/c19-11-4-6-16(14(21)9-11)24-18(25)12-5-3-10(8-15(12)22)17-13(20)2-1-7-23-17/h1-9H,(H,24,25). The second-order valence-electron chi connectivity index (χ2n) is 5.11. The van der Waals surface area contributed by atoms with Gasteiger partial charge in [-0.05, 0) is 42.5 Å². The lowest BCUT2D eigenvalue weighted by Crippen LogP contribution is -2.14. The van der Waals surface area contributed by atoms with E-state index < -0.39 is 11.7 Å². The summed E-state index contributed by atoms with van der Waals surface area (Å²) < 4.78 is 14.4. The largest absolute Gasteiger partial charge is 0.321 e. The predicted octanol–water partition coefficient (Wildman–Crippen LogP) is 6.10. The summed E-state index contributed by atoms with van der Waals surface area (Å²) in [4.78, 5) is 16.4. The highest BCUT2D eigenvalue weighted by atomic mass is 35.5. The molecule has 0 radical (unpaired) electrons. The molecular weight excluding hydrogens is 386 g/mol. The molecule has 1 N–H and O–H groups in total. The number of anilines is 1. The van der Waals surface area contributed by atoms with E-state index in [9.17, 15) is 9.18 Å². The SMILES string of the molecule is O=C(Nc1ccc(Cl)cc1Cl)c1ccc(-c2ncccc2Cl)cc1F. The van der Waals surface area contributed by atoms with E-state index in [0.717, 1.165) is 0 Å². The number of benzene rings is 2. The number of carbonyl (C=O) groups excluding carboxylic acids is 1. The highest BCUT2D eigenvalue weighted by Crippen LogP contribution is 2.28. The highest BCUT2D eigenvalue weighted by molar-refractivity contribution is 6.36. The first-order chi connectivity index (χ1) is 12.0. The molecule has 0 unspecified atom stereocenters. The fraction of sp³-hybridized carbons (Fsp3) is 0. The molecule has 0 aliphatic heterocycles. The van der Waals surface area contributed by atoms with Gasteiger partial charge in [0.2, 0.25) is 0 Å². The van der Waals surface area contributed by atoms with Gasteiger partial charge in [0.05, 0.1) is 27.0 Å². The van der Waals surface area contributed by atoms with Crippen molar-refractivity contribution in [3.63, 3.8) is 0 Å². The van der Waals surface area contributed by atoms with Crippen molar-refractivity contribution < 1.29 is 9.18 Å². The molecule has 25 heavy (non-hydrogen) atoms. The number of nitrogens with zero attached hydrogens (tertiary/aromatic N) is 1. The fourth-order valence-electron chi connectivity index (χ4n) is 2.23. The third-order valence-electron chi connectivity index (χ3n) is 3.42. The molecule has 1 aromatic heterocycles. The zero-order valence-electron chi connectivity index (χ0n) is 12.6. The molecular formula is C18H10Cl3FN2O. The number of hydrogen-bond donors (Lipinski definition) is 1. The van der Waals surface area contributed by atoms with Crippen LogP contribution in [0.3, 0.4) is 0 Å². The normalized spacial score (nSPS) is 10.6. The van der Waals surface area contributed by atoms with Crippen LogP contribution in [-0.2, 0) is 0 Å². The van der Waals surface area contributed by atoms with Crippen molar-refractivity contribution in [1.29, 1.82) is 0 Å². The van der Waals surface area contributed by atoms with Gasteiger partial charge in [-0.15, -0.1) is 0 Å². The van der Waals surface area contributed by atoms with Crippen LogP contribution in [0.2, 0.25) is 15.1 Å². The Labute approximate surface area is 158 Å². The summed E-state index contributed by atoms with van der Waals surface area (Å²) in [5.41, 5.74) is 1.13. The second-order valence-corrected chi connectivity index (χ2v) is 6.36. The molecule has 3 rings (SSSR count). The monoisotopic (exact) mass is 394 g/mol. The summed E-state index contributed by atoms with van der Waals surface area (Å²) in [7, 11) is 0. The molecule has 0 bridgehead atoms. The van der Waals surface area contributed by atoms with Crippen molar-refractivity contribution in [3.05, 3.63) is 81.2 Å². The van der Waals surface area contributed by atoms with Crippen molar-refractivity contribution in [1.82, 2.24) is 4.98 Å². The van der Waals surface area contributed by atoms with Crippen LogP contribution >= 0.6 is 34.8 Å². The average Bonchev–Trinajstić information content (AvgIpc) is 2.57. The number of nitrogens with one attached hydrogen (secondary N) is 1. The molecule has 3 nitrogen and oxygen atoms in total. The van der Waals surface area contributed by atoms with Gasteiger partial charge in [0.15, 0.2) is 0 Å². The van der Waals surface area contributed by atoms with Crippen molar-refractivity contribution in [2.24, 2.45) is 0 Å². The van der Waals surface area contributed by atoms with E-state index in [0.29, 0.717) is 27.0 Å². The molecule has 0 aliphatic carbocycles. The topological polar surface area (TPSA) is 42.0 Å². The summed E-state index contributed by atoms with van der Waals surface area (Å²) in [6.45, 7) is 0. The second kappa shape index (κ2) is 7.40. The Balaban J connectivity index is 1.88. The van der Waals surface area contributed by atoms with Crippen molar-refractivity contribution >= 4 is 46.4 Å². The number of carbonyl (C=O) groups is 1. The number of aromatic nitrogens is 1. The zero-order chi connectivity index (χ0) is 18.0. The number of pyridine rings is 1. The number of hydrogen-bond acceptors (Lipinski definition) is 2. The Bertz CT molecular complexity index is 963. The van der Waals surface area contributed by atoms with E-state index in [-0.39, 0.29) is 10.6 Å². The molecule has 0 fully saturated rings. The average molecular weight is 396 g/mol. The lowest BCUT2D eigenvalue weighted by atomic mass is 10.1. The number of amides is 1. The van der Waals surface area contributed by atoms with Gasteiger partial charge in [-0.1, -0.05) is 40.9 Å². The van der Waals surface area contributed by atoms with E-state index >= 15 is 0 Å². The summed E-state index contributed by atoms with van der Waals surface area (Å²) in [6, 6.07) is 12.1. The van der Waals surface area contributed by atoms with Gasteiger partial charge < -0.3 is 5.32 Å². The van der Waals surface area contributed by atoms with Gasteiger partial charge in [0, 0.05) is 16.8 Å². The zero-order valence-corrected chi connectivity index (χ0v) is 14.8. The van der Waals surface area contributed by atoms with Gasteiger partial charge >= 0.3 is 0 Å². The predicted molar refractivity (Wildman–Crippen MR) is 99.1 cm³/mol. The lowest BCUT2D eigenvalue weighted by Gasteiger charge is -2.09. The Hall–Kier alpha value is -2.14. The maximum absolute atomic E-state index is 14.4. The molecule has 7 heteroatoms. The maximum atomic E-state index is 14.4. The van der Waals surface area contributed by atoms with Crippen LogP contribution in [0.15, 0.2) is 54.7 Å². The van der Waals surface area contributed by atoms with E-state index in [4.69, 9.17) is 34.8 Å². The van der Waals surface area contributed by atoms with Gasteiger partial charge in [-0.2, -0.15) is 0 Å². The van der Waals surface area contributed by atoms with Gasteiger partial charge in [-0.25, -0.2) is 4.39 Å². The Morgan fingerprint density at radius 1 is 1.00 bits per heavy atom. The smallest absolute Gasteiger partial charge is 0.258 e. The number of halogens is 4. The molecule has 0 spiro atoms. The number of rotatable bonds is 3. The van der Waals surface area contributed by atoms with E-state index in [1.165, 1.54) is 18.2 Å². The first-order valence-electron chi connectivity index (χ1n) is 7.12. The summed E-state index contributed by atoms with van der Waals surface area (Å²) >= 11 is 17.9. The van der Waals surface area contributed by atoms with Crippen LogP contribution in [0, 0.1) is 5.82 Å². The fourth-order valence-corrected chi connectivity index (χ4v) is 2.91. The van der Waals surface area contributed by atoms with Crippen LogP contribution in [0.4, 0.5) is 10.1 Å². The summed E-state index contributed by atoms with van der Waals surface area (Å²) in [5, 5.41) is 3.65. The first kappa shape index (κ1) is 17.7. The lowest BCUT2D eigenvalue weighted by molar-refractivity contribution is 0.102. The molecule has 1 amide bonds. The molecule has 2 aromatic carbocycles. The Morgan fingerprint density at radius 3 is 2.48 bits per heavy atom. The highest BCUT2D eigenvalue weighted by Gasteiger charge is 2.15. The minimum Gasteiger partial charge on any atom is -0.321 e. The van der Waals surface area contributed by atoms with Crippen LogP contribution in [0.25, 0.3) is 11.3 Å². The molecule has 1 heterocycles. The molecule has 0 saturated heterocycles. The van der Waals surface area contributed by atoms with Crippen LogP contribution in [-0.4, -0.2) is 10.9 Å². The molecule has 0 atom stereocenters. The van der Waals surface area contributed by atoms with Gasteiger partial charge in [-0.3, -0.25) is 9.78 Å².